The Morgan fingerprint density at radius 2 is 2.12 bits per heavy atom. The number of nitrogens with zero attached hydrogens (tertiary/aromatic N) is 1. The molecule has 136 valence electrons. The molecule has 1 fully saturated rings. The van der Waals surface area contributed by atoms with Crippen molar-refractivity contribution in [2.24, 2.45) is 0 Å². The van der Waals surface area contributed by atoms with E-state index < -0.39 is 15.8 Å². The summed E-state index contributed by atoms with van der Waals surface area (Å²) in [7, 11) is -3.95. The predicted octanol–water partition coefficient (Wildman–Crippen LogP) is 4.01. The molecule has 1 aromatic heterocycles. The number of H-pyrrole nitrogens is 1. The van der Waals surface area contributed by atoms with Crippen molar-refractivity contribution in [2.45, 2.75) is 23.8 Å². The van der Waals surface area contributed by atoms with E-state index in [4.69, 9.17) is 16.3 Å². The maximum absolute atomic E-state index is 13.1. The maximum Gasteiger partial charge on any atom is 0.263 e. The number of halogens is 2. The van der Waals surface area contributed by atoms with E-state index in [1.807, 2.05) is 0 Å². The number of benzene rings is 2. The second kappa shape index (κ2) is 6.53. The first-order chi connectivity index (χ1) is 12.4. The van der Waals surface area contributed by atoms with Gasteiger partial charge in [-0.1, -0.05) is 11.6 Å². The number of rotatable bonds is 4. The molecule has 0 saturated carbocycles. The fourth-order valence-corrected chi connectivity index (χ4v) is 4.52. The minimum absolute atomic E-state index is 0.0550. The van der Waals surface area contributed by atoms with Crippen molar-refractivity contribution < 1.29 is 17.5 Å². The van der Waals surface area contributed by atoms with Crippen LogP contribution in [0.5, 0.6) is 0 Å². The highest BCUT2D eigenvalue weighted by Crippen LogP contribution is 2.29. The molecular formula is C17H15ClFN3O3S. The van der Waals surface area contributed by atoms with Gasteiger partial charge in [0.15, 0.2) is 0 Å². The third-order valence-corrected chi connectivity index (χ3v) is 6.03. The third-order valence-electron chi connectivity index (χ3n) is 4.17. The van der Waals surface area contributed by atoms with E-state index in [9.17, 15) is 12.8 Å². The van der Waals surface area contributed by atoms with Crippen molar-refractivity contribution in [3.05, 3.63) is 53.1 Å². The molecule has 1 aliphatic heterocycles. The summed E-state index contributed by atoms with van der Waals surface area (Å²) < 4.78 is 46.2. The van der Waals surface area contributed by atoms with Crippen molar-refractivity contribution in [3.8, 4) is 0 Å². The Labute approximate surface area is 154 Å². The van der Waals surface area contributed by atoms with Crippen LogP contribution in [0.15, 0.2) is 41.3 Å². The van der Waals surface area contributed by atoms with Crippen LogP contribution in [0.25, 0.3) is 11.0 Å². The largest absolute Gasteiger partial charge is 0.370 e. The number of anilines is 1. The van der Waals surface area contributed by atoms with Crippen LogP contribution >= 0.6 is 11.6 Å². The summed E-state index contributed by atoms with van der Waals surface area (Å²) >= 11 is 5.86. The summed E-state index contributed by atoms with van der Waals surface area (Å²) in [6.07, 6.45) is 1.84. The van der Waals surface area contributed by atoms with Crippen LogP contribution in [0.1, 0.15) is 24.8 Å². The molecule has 1 atom stereocenters. The summed E-state index contributed by atoms with van der Waals surface area (Å²) in [4.78, 5) is 7.48. The van der Waals surface area contributed by atoms with Gasteiger partial charge in [0.1, 0.15) is 22.6 Å². The Balaban J connectivity index is 1.64. The molecule has 1 saturated heterocycles. The van der Waals surface area contributed by atoms with E-state index in [2.05, 4.69) is 14.7 Å². The van der Waals surface area contributed by atoms with E-state index in [1.165, 1.54) is 0 Å². The molecule has 3 aromatic rings. The summed E-state index contributed by atoms with van der Waals surface area (Å²) in [5.74, 6) is 0.133. The zero-order valence-electron chi connectivity index (χ0n) is 13.5. The molecule has 2 heterocycles. The normalized spacial score (nSPS) is 17.7. The Hall–Kier alpha value is -2.16. The Morgan fingerprint density at radius 1 is 1.27 bits per heavy atom. The molecular weight excluding hydrogens is 381 g/mol. The third kappa shape index (κ3) is 3.27. The van der Waals surface area contributed by atoms with Gasteiger partial charge in [-0.2, -0.15) is 0 Å². The molecule has 0 spiro atoms. The van der Waals surface area contributed by atoms with Crippen molar-refractivity contribution in [2.75, 3.05) is 11.3 Å². The van der Waals surface area contributed by atoms with Crippen LogP contribution < -0.4 is 4.72 Å². The maximum atomic E-state index is 13.1. The standard InChI is InChI=1S/C17H15ClFN3O3S/c18-12-8-10(19)3-6-16(12)26(23,24)22-11-4-5-13-14(9-11)21-17(20-13)15-2-1-7-25-15/h3-6,8-9,15,22H,1-2,7H2,(H,20,21). The van der Waals surface area contributed by atoms with Gasteiger partial charge in [0.05, 0.1) is 21.7 Å². The van der Waals surface area contributed by atoms with Crippen LogP contribution in [0.2, 0.25) is 5.02 Å². The highest BCUT2D eigenvalue weighted by Gasteiger charge is 2.22. The Kier molecular flexibility index (Phi) is 4.34. The Bertz CT molecular complexity index is 1080. The zero-order chi connectivity index (χ0) is 18.3. The number of nitrogens with one attached hydrogen (secondary N) is 2. The molecule has 2 N–H and O–H groups in total. The van der Waals surface area contributed by atoms with E-state index in [-0.39, 0.29) is 16.0 Å². The summed E-state index contributed by atoms with van der Waals surface area (Å²) in [6.45, 7) is 0.713. The fourth-order valence-electron chi connectivity index (χ4n) is 2.94. The molecule has 26 heavy (non-hydrogen) atoms. The van der Waals surface area contributed by atoms with E-state index in [0.29, 0.717) is 17.8 Å². The van der Waals surface area contributed by atoms with Crippen LogP contribution in [0, 0.1) is 5.82 Å². The molecule has 1 aliphatic rings. The molecule has 2 aromatic carbocycles. The van der Waals surface area contributed by atoms with Gasteiger partial charge in [-0.05, 0) is 49.2 Å². The lowest BCUT2D eigenvalue weighted by Crippen LogP contribution is -2.13. The molecule has 0 aliphatic carbocycles. The zero-order valence-corrected chi connectivity index (χ0v) is 15.1. The molecule has 4 rings (SSSR count). The van der Waals surface area contributed by atoms with Gasteiger partial charge in [0, 0.05) is 6.61 Å². The van der Waals surface area contributed by atoms with Crippen molar-refractivity contribution in [3.63, 3.8) is 0 Å². The van der Waals surface area contributed by atoms with Crippen LogP contribution in [-0.4, -0.2) is 25.0 Å². The predicted molar refractivity (Wildman–Crippen MR) is 96.2 cm³/mol. The number of fused-ring (bicyclic) bond motifs is 1. The van der Waals surface area contributed by atoms with Crippen molar-refractivity contribution >= 4 is 38.3 Å². The topological polar surface area (TPSA) is 84.1 Å². The van der Waals surface area contributed by atoms with E-state index in [1.54, 1.807) is 18.2 Å². The summed E-state index contributed by atoms with van der Waals surface area (Å²) in [5.41, 5.74) is 1.76. The first-order valence-corrected chi connectivity index (χ1v) is 9.88. The van der Waals surface area contributed by atoms with E-state index in [0.717, 1.165) is 42.4 Å². The lowest BCUT2D eigenvalue weighted by Gasteiger charge is -2.09. The van der Waals surface area contributed by atoms with Crippen molar-refractivity contribution in [1.82, 2.24) is 9.97 Å². The number of imidazole rings is 1. The number of sulfonamides is 1. The second-order valence-electron chi connectivity index (χ2n) is 6.04. The van der Waals surface area contributed by atoms with Crippen LogP contribution in [-0.2, 0) is 14.8 Å². The minimum atomic E-state index is -3.95. The number of ether oxygens (including phenoxy) is 1. The molecule has 1 unspecified atom stereocenters. The number of hydrogen-bond acceptors (Lipinski definition) is 4. The molecule has 0 amide bonds. The highest BCUT2D eigenvalue weighted by atomic mass is 35.5. The number of hydrogen-bond donors (Lipinski definition) is 2. The van der Waals surface area contributed by atoms with Gasteiger partial charge in [0.25, 0.3) is 10.0 Å². The van der Waals surface area contributed by atoms with E-state index >= 15 is 0 Å². The highest BCUT2D eigenvalue weighted by molar-refractivity contribution is 7.92. The summed E-state index contributed by atoms with van der Waals surface area (Å²) in [5, 5.41) is -0.180. The lowest BCUT2D eigenvalue weighted by atomic mass is 10.2. The monoisotopic (exact) mass is 395 g/mol. The first kappa shape index (κ1) is 17.3. The van der Waals surface area contributed by atoms with Gasteiger partial charge >= 0.3 is 0 Å². The Morgan fingerprint density at radius 3 is 2.85 bits per heavy atom. The molecule has 6 nitrogen and oxygen atoms in total. The molecule has 9 heteroatoms. The quantitative estimate of drug-likeness (QED) is 0.699. The SMILES string of the molecule is O=S(=O)(Nc1ccc2nc(C3CCCO3)[nH]c2c1)c1ccc(F)cc1Cl. The smallest absolute Gasteiger partial charge is 0.263 e. The number of aromatic amines is 1. The van der Waals surface area contributed by atoms with Gasteiger partial charge in [-0.15, -0.1) is 0 Å². The van der Waals surface area contributed by atoms with Crippen molar-refractivity contribution in [1.29, 1.82) is 0 Å². The average Bonchev–Trinajstić information content (AvgIpc) is 3.22. The van der Waals surface area contributed by atoms with Gasteiger partial charge in [-0.25, -0.2) is 17.8 Å². The number of aromatic nitrogens is 2. The van der Waals surface area contributed by atoms with Crippen LogP contribution in [0.4, 0.5) is 10.1 Å². The lowest BCUT2D eigenvalue weighted by molar-refractivity contribution is 0.106. The average molecular weight is 396 g/mol. The summed E-state index contributed by atoms with van der Waals surface area (Å²) in [6, 6.07) is 8.11. The van der Waals surface area contributed by atoms with Gasteiger partial charge in [-0.3, -0.25) is 4.72 Å². The molecule has 0 bridgehead atoms. The van der Waals surface area contributed by atoms with Gasteiger partial charge < -0.3 is 9.72 Å². The molecule has 0 radical (unpaired) electrons. The fraction of sp³-hybridized carbons (Fsp3) is 0.235. The minimum Gasteiger partial charge on any atom is -0.370 e. The second-order valence-corrected chi connectivity index (χ2v) is 8.09. The first-order valence-electron chi connectivity index (χ1n) is 8.01. The van der Waals surface area contributed by atoms with Gasteiger partial charge in [0.2, 0.25) is 0 Å². The van der Waals surface area contributed by atoms with Crippen LogP contribution in [0.3, 0.4) is 0 Å².